The molecule has 3 rings (SSSR count). The van der Waals surface area contributed by atoms with Crippen molar-refractivity contribution in [2.75, 3.05) is 13.7 Å². The third kappa shape index (κ3) is 2.35. The third-order valence-electron chi connectivity index (χ3n) is 4.81. The first-order valence-electron chi connectivity index (χ1n) is 7.46. The molecule has 3 heteroatoms. The van der Waals surface area contributed by atoms with Gasteiger partial charge in [0.25, 0.3) is 0 Å². The Morgan fingerprint density at radius 1 is 1.40 bits per heavy atom. The smallest absolute Gasteiger partial charge is 0.166 e. The normalized spacial score (nSPS) is 24.2. The zero-order chi connectivity index (χ0) is 14.2. The molecule has 1 atom stereocenters. The van der Waals surface area contributed by atoms with Gasteiger partial charge in [-0.15, -0.1) is 0 Å². The molecule has 1 spiro atoms. The highest BCUT2D eigenvalue weighted by Crippen LogP contribution is 2.44. The highest BCUT2D eigenvalue weighted by molar-refractivity contribution is 5.98. The van der Waals surface area contributed by atoms with Crippen molar-refractivity contribution in [3.05, 3.63) is 29.3 Å². The summed E-state index contributed by atoms with van der Waals surface area (Å²) in [5.41, 5.74) is 1.86. The average molecular weight is 274 g/mol. The Hall–Kier alpha value is -1.35. The number of hydrogen-bond donors (Lipinski definition) is 0. The number of carbonyl (C=O) groups excluding carboxylic acids is 1. The van der Waals surface area contributed by atoms with E-state index >= 15 is 0 Å². The summed E-state index contributed by atoms with van der Waals surface area (Å²) in [5, 5.41) is 0. The molecular formula is C17H22O3. The molecule has 3 nitrogen and oxygen atoms in total. The number of hydrogen-bond acceptors (Lipinski definition) is 3. The molecule has 1 aromatic carbocycles. The quantitative estimate of drug-likeness (QED) is 0.791. The van der Waals surface area contributed by atoms with Crippen LogP contribution in [0.5, 0.6) is 5.75 Å². The molecule has 0 bridgehead atoms. The maximum Gasteiger partial charge on any atom is 0.166 e. The van der Waals surface area contributed by atoms with Crippen molar-refractivity contribution in [1.82, 2.24) is 0 Å². The number of ketones is 1. The number of ether oxygens (including phenoxy) is 2. The first kappa shape index (κ1) is 13.6. The summed E-state index contributed by atoms with van der Waals surface area (Å²) in [6.45, 7) is 2.71. The van der Waals surface area contributed by atoms with E-state index in [9.17, 15) is 4.79 Å². The maximum absolute atomic E-state index is 12.7. The monoisotopic (exact) mass is 274 g/mol. The Morgan fingerprint density at radius 2 is 2.20 bits per heavy atom. The fourth-order valence-corrected chi connectivity index (χ4v) is 3.44. The number of carbonyl (C=O) groups is 1. The molecule has 20 heavy (non-hydrogen) atoms. The lowest BCUT2D eigenvalue weighted by atomic mass is 9.70. The first-order chi connectivity index (χ1) is 9.63. The van der Waals surface area contributed by atoms with Gasteiger partial charge in [-0.2, -0.15) is 0 Å². The van der Waals surface area contributed by atoms with E-state index in [2.05, 4.69) is 0 Å². The van der Waals surface area contributed by atoms with E-state index in [4.69, 9.17) is 9.47 Å². The van der Waals surface area contributed by atoms with Crippen LogP contribution in [0.3, 0.4) is 0 Å². The number of methoxy groups -OCH3 is 1. The molecule has 1 saturated heterocycles. The molecule has 1 saturated carbocycles. The van der Waals surface area contributed by atoms with Gasteiger partial charge in [-0.25, -0.2) is 0 Å². The van der Waals surface area contributed by atoms with Gasteiger partial charge < -0.3 is 9.47 Å². The van der Waals surface area contributed by atoms with Gasteiger partial charge in [0, 0.05) is 18.1 Å². The Kier molecular flexibility index (Phi) is 3.55. The Labute approximate surface area is 120 Å². The van der Waals surface area contributed by atoms with Crippen LogP contribution < -0.4 is 4.74 Å². The summed E-state index contributed by atoms with van der Waals surface area (Å²) in [6, 6.07) is 5.72. The fraction of sp³-hybridized carbons (Fsp3) is 0.588. The van der Waals surface area contributed by atoms with Gasteiger partial charge in [0.05, 0.1) is 12.7 Å². The van der Waals surface area contributed by atoms with Crippen LogP contribution >= 0.6 is 0 Å². The molecule has 2 fully saturated rings. The second kappa shape index (κ2) is 5.21. The van der Waals surface area contributed by atoms with E-state index in [1.165, 1.54) is 6.42 Å². The van der Waals surface area contributed by atoms with Gasteiger partial charge in [0.2, 0.25) is 0 Å². The second-order valence-electron chi connectivity index (χ2n) is 6.12. The van der Waals surface area contributed by atoms with Crippen LogP contribution in [-0.4, -0.2) is 25.1 Å². The molecule has 1 aromatic rings. The zero-order valence-electron chi connectivity index (χ0n) is 12.3. The Morgan fingerprint density at radius 3 is 2.80 bits per heavy atom. The van der Waals surface area contributed by atoms with Crippen LogP contribution in [0, 0.1) is 12.8 Å². The average Bonchev–Trinajstić information content (AvgIpc) is 2.45. The number of Topliss-reactive ketones (excluding diaryl/α,β-unsaturated/α-hetero) is 1. The molecule has 2 aliphatic rings. The number of rotatable bonds is 3. The van der Waals surface area contributed by atoms with E-state index in [1.807, 2.05) is 25.1 Å². The minimum Gasteiger partial charge on any atom is -0.496 e. The lowest BCUT2D eigenvalue weighted by Crippen LogP contribution is -2.47. The largest absolute Gasteiger partial charge is 0.496 e. The van der Waals surface area contributed by atoms with Crippen LogP contribution in [0.4, 0.5) is 0 Å². The minimum absolute atomic E-state index is 0.0279. The summed E-state index contributed by atoms with van der Waals surface area (Å²) in [4.78, 5) is 12.7. The van der Waals surface area contributed by atoms with Gasteiger partial charge in [0.15, 0.2) is 5.78 Å². The minimum atomic E-state index is 0.0279. The van der Waals surface area contributed by atoms with Crippen LogP contribution in [0.1, 0.15) is 48.0 Å². The third-order valence-corrected chi connectivity index (χ3v) is 4.81. The predicted molar refractivity (Wildman–Crippen MR) is 77.3 cm³/mol. The summed E-state index contributed by atoms with van der Waals surface area (Å²) in [5.74, 6) is 1.23. The lowest BCUT2D eigenvalue weighted by molar-refractivity contribution is -0.137. The predicted octanol–water partition coefficient (Wildman–Crippen LogP) is 3.54. The van der Waals surface area contributed by atoms with Crippen LogP contribution in [0.2, 0.25) is 0 Å². The highest BCUT2D eigenvalue weighted by atomic mass is 16.5. The Bertz CT molecular complexity index is 517. The molecule has 108 valence electrons. The molecule has 0 amide bonds. The van der Waals surface area contributed by atoms with E-state index in [0.29, 0.717) is 0 Å². The fourth-order valence-electron chi connectivity index (χ4n) is 3.44. The van der Waals surface area contributed by atoms with Crippen LogP contribution in [-0.2, 0) is 4.74 Å². The second-order valence-corrected chi connectivity index (χ2v) is 6.12. The van der Waals surface area contributed by atoms with E-state index in [-0.39, 0.29) is 17.3 Å². The summed E-state index contributed by atoms with van der Waals surface area (Å²) in [7, 11) is 1.66. The first-order valence-corrected chi connectivity index (χ1v) is 7.46. The SMILES string of the molecule is COc1ccc(C(=O)C2CCOC3(CCC3)C2)cc1C. The molecule has 1 unspecified atom stereocenters. The standard InChI is InChI=1S/C17H22O3/c1-12-10-13(4-5-15(12)19-2)16(18)14-6-9-20-17(11-14)7-3-8-17/h4-5,10,14H,3,6-9,11H2,1-2H3. The van der Waals surface area contributed by atoms with Crippen molar-refractivity contribution < 1.29 is 14.3 Å². The molecule has 1 heterocycles. The highest BCUT2D eigenvalue weighted by Gasteiger charge is 2.44. The van der Waals surface area contributed by atoms with Crippen molar-refractivity contribution in [3.63, 3.8) is 0 Å². The van der Waals surface area contributed by atoms with Crippen molar-refractivity contribution in [3.8, 4) is 5.75 Å². The van der Waals surface area contributed by atoms with E-state index in [0.717, 1.165) is 49.2 Å². The summed E-state index contributed by atoms with van der Waals surface area (Å²) in [6.07, 6.45) is 5.24. The van der Waals surface area contributed by atoms with E-state index < -0.39 is 0 Å². The topological polar surface area (TPSA) is 35.5 Å². The maximum atomic E-state index is 12.7. The molecule has 0 aromatic heterocycles. The van der Waals surface area contributed by atoms with E-state index in [1.54, 1.807) is 7.11 Å². The molecule has 0 N–H and O–H groups in total. The van der Waals surface area contributed by atoms with Crippen molar-refractivity contribution in [2.45, 2.75) is 44.6 Å². The van der Waals surface area contributed by atoms with Gasteiger partial charge in [-0.3, -0.25) is 4.79 Å². The molecule has 0 radical (unpaired) electrons. The number of aryl methyl sites for hydroxylation is 1. The van der Waals surface area contributed by atoms with Gasteiger partial charge >= 0.3 is 0 Å². The van der Waals surface area contributed by atoms with Gasteiger partial charge in [0.1, 0.15) is 5.75 Å². The Balaban J connectivity index is 1.76. The van der Waals surface area contributed by atoms with Crippen molar-refractivity contribution in [1.29, 1.82) is 0 Å². The van der Waals surface area contributed by atoms with Gasteiger partial charge in [-0.1, -0.05) is 0 Å². The summed E-state index contributed by atoms with van der Waals surface area (Å²) >= 11 is 0. The molecular weight excluding hydrogens is 252 g/mol. The van der Waals surface area contributed by atoms with Gasteiger partial charge in [-0.05, 0) is 62.8 Å². The van der Waals surface area contributed by atoms with Crippen LogP contribution in [0.15, 0.2) is 18.2 Å². The molecule has 1 aliphatic heterocycles. The summed E-state index contributed by atoms with van der Waals surface area (Å²) < 4.78 is 11.2. The number of benzene rings is 1. The van der Waals surface area contributed by atoms with Crippen LogP contribution in [0.25, 0.3) is 0 Å². The molecule has 1 aliphatic carbocycles. The lowest BCUT2D eigenvalue weighted by Gasteiger charge is -2.46. The van der Waals surface area contributed by atoms with Crippen molar-refractivity contribution >= 4 is 5.78 Å². The van der Waals surface area contributed by atoms with Crippen molar-refractivity contribution in [2.24, 2.45) is 5.92 Å². The zero-order valence-corrected chi connectivity index (χ0v) is 12.3.